The second kappa shape index (κ2) is 8.26. The fraction of sp³-hybridized carbons (Fsp3) is 0.600. The van der Waals surface area contributed by atoms with E-state index in [4.69, 9.17) is 0 Å². The molecular weight excluding hydrogens is 354 g/mol. The second-order valence-corrected chi connectivity index (χ2v) is 8.16. The number of nitrogens with one attached hydrogen (secondary N) is 2. The van der Waals surface area contributed by atoms with Crippen LogP contribution >= 0.6 is 0 Å². The molecule has 2 heterocycles. The van der Waals surface area contributed by atoms with Crippen LogP contribution in [0.4, 0.5) is 10.5 Å². The molecule has 2 aliphatic rings. The summed E-state index contributed by atoms with van der Waals surface area (Å²) in [7, 11) is 0. The molecule has 8 nitrogen and oxygen atoms in total. The predicted octanol–water partition coefficient (Wildman–Crippen LogP) is 2.92. The van der Waals surface area contributed by atoms with Crippen molar-refractivity contribution in [1.82, 2.24) is 30.4 Å². The summed E-state index contributed by atoms with van der Waals surface area (Å²) in [5.41, 5.74) is 1.64. The van der Waals surface area contributed by atoms with Crippen LogP contribution in [0.15, 0.2) is 24.3 Å². The van der Waals surface area contributed by atoms with Crippen molar-refractivity contribution in [1.29, 1.82) is 0 Å². The molecule has 8 heteroatoms. The number of benzene rings is 1. The second-order valence-electron chi connectivity index (χ2n) is 8.16. The van der Waals surface area contributed by atoms with Gasteiger partial charge in [-0.25, -0.2) is 9.48 Å². The Hall–Kier alpha value is -2.48. The van der Waals surface area contributed by atoms with Crippen molar-refractivity contribution in [2.75, 3.05) is 25.0 Å². The molecular formula is C20H29N7O. The van der Waals surface area contributed by atoms with Crippen molar-refractivity contribution in [2.24, 2.45) is 5.92 Å². The quantitative estimate of drug-likeness (QED) is 0.801. The van der Waals surface area contributed by atoms with E-state index in [1.165, 1.54) is 12.8 Å². The Morgan fingerprint density at radius 1 is 1.25 bits per heavy atom. The van der Waals surface area contributed by atoms with Crippen molar-refractivity contribution in [2.45, 2.75) is 51.6 Å². The Morgan fingerprint density at radius 2 is 2.04 bits per heavy atom. The lowest BCUT2D eigenvalue weighted by Crippen LogP contribution is -2.46. The number of aromatic nitrogens is 4. The van der Waals surface area contributed by atoms with E-state index in [2.05, 4.69) is 44.9 Å². The number of carbonyl (C=O) groups excluding carboxylic acids is 1. The zero-order valence-electron chi connectivity index (χ0n) is 16.6. The zero-order valence-corrected chi connectivity index (χ0v) is 16.6. The number of nitrogens with zero attached hydrogens (tertiary/aromatic N) is 5. The number of anilines is 1. The lowest BCUT2D eigenvalue weighted by atomic mass is 9.98. The number of carbonyl (C=O) groups is 1. The fourth-order valence-electron chi connectivity index (χ4n) is 3.70. The summed E-state index contributed by atoms with van der Waals surface area (Å²) in [6.45, 7) is 7.35. The normalized spacial score (nSPS) is 19.4. The standard InChI is InChI=1S/C20H29N7O/c1-14-8-10-26(11-9-14)15(2)13-21-20(28)22-17-5-3-4-16(12-17)19-23-24-25-27(19)18-6-7-18/h3-5,12,14-15,18H,6-11,13H2,1-2H3,(H2,21,22,28). The molecule has 1 saturated heterocycles. The molecule has 4 rings (SSSR count). The molecule has 1 aliphatic carbocycles. The van der Waals surface area contributed by atoms with E-state index in [1.807, 2.05) is 28.9 Å². The minimum atomic E-state index is -0.184. The van der Waals surface area contributed by atoms with Gasteiger partial charge in [-0.3, -0.25) is 4.90 Å². The van der Waals surface area contributed by atoms with Crippen LogP contribution in [0.5, 0.6) is 0 Å². The van der Waals surface area contributed by atoms with Crippen molar-refractivity contribution in [3.05, 3.63) is 24.3 Å². The van der Waals surface area contributed by atoms with Crippen LogP contribution in [0, 0.1) is 5.92 Å². The largest absolute Gasteiger partial charge is 0.336 e. The van der Waals surface area contributed by atoms with Gasteiger partial charge in [0.2, 0.25) is 0 Å². The Bertz CT molecular complexity index is 808. The van der Waals surface area contributed by atoms with Crippen molar-refractivity contribution in [3.8, 4) is 11.4 Å². The van der Waals surface area contributed by atoms with Gasteiger partial charge in [0.25, 0.3) is 0 Å². The van der Waals surface area contributed by atoms with E-state index in [-0.39, 0.29) is 6.03 Å². The molecule has 1 unspecified atom stereocenters. The Kier molecular flexibility index (Phi) is 5.57. The van der Waals surface area contributed by atoms with E-state index >= 15 is 0 Å². The average molecular weight is 384 g/mol. The van der Waals surface area contributed by atoms with Gasteiger partial charge in [-0.1, -0.05) is 19.1 Å². The highest BCUT2D eigenvalue weighted by Crippen LogP contribution is 2.36. The van der Waals surface area contributed by atoms with Crippen molar-refractivity contribution in [3.63, 3.8) is 0 Å². The lowest BCUT2D eigenvalue weighted by molar-refractivity contribution is 0.146. The Balaban J connectivity index is 1.31. The molecule has 1 saturated carbocycles. The zero-order chi connectivity index (χ0) is 19.5. The molecule has 0 bridgehead atoms. The molecule has 1 aromatic heterocycles. The first-order valence-corrected chi connectivity index (χ1v) is 10.3. The van der Waals surface area contributed by atoms with Crippen LogP contribution in [0.1, 0.15) is 45.6 Å². The minimum absolute atomic E-state index is 0.184. The molecule has 150 valence electrons. The van der Waals surface area contributed by atoms with Gasteiger partial charge in [-0.2, -0.15) is 0 Å². The first kappa shape index (κ1) is 18.9. The topological polar surface area (TPSA) is 88.0 Å². The highest BCUT2D eigenvalue weighted by molar-refractivity contribution is 5.89. The highest BCUT2D eigenvalue weighted by atomic mass is 16.2. The monoisotopic (exact) mass is 383 g/mol. The highest BCUT2D eigenvalue weighted by Gasteiger charge is 2.28. The lowest BCUT2D eigenvalue weighted by Gasteiger charge is -2.34. The Morgan fingerprint density at radius 3 is 2.79 bits per heavy atom. The summed E-state index contributed by atoms with van der Waals surface area (Å²) in [4.78, 5) is 14.8. The number of hydrogen-bond acceptors (Lipinski definition) is 5. The maximum atomic E-state index is 12.3. The van der Waals surface area contributed by atoms with Crippen LogP contribution in [0.2, 0.25) is 0 Å². The summed E-state index contributed by atoms with van der Waals surface area (Å²) in [6.07, 6.45) is 4.71. The fourth-order valence-corrected chi connectivity index (χ4v) is 3.70. The minimum Gasteiger partial charge on any atom is -0.336 e. The molecule has 1 aliphatic heterocycles. The first-order chi connectivity index (χ1) is 13.6. The van der Waals surface area contributed by atoms with Gasteiger partial charge in [0.05, 0.1) is 6.04 Å². The van der Waals surface area contributed by atoms with Crippen LogP contribution in [0.3, 0.4) is 0 Å². The maximum Gasteiger partial charge on any atom is 0.319 e. The van der Waals surface area contributed by atoms with E-state index < -0.39 is 0 Å². The third kappa shape index (κ3) is 4.49. The number of amides is 2. The maximum absolute atomic E-state index is 12.3. The molecule has 2 aromatic rings. The van der Waals surface area contributed by atoms with Gasteiger partial charge < -0.3 is 10.6 Å². The van der Waals surface area contributed by atoms with Gasteiger partial charge in [-0.15, -0.1) is 5.10 Å². The smallest absolute Gasteiger partial charge is 0.319 e. The molecule has 2 fully saturated rings. The summed E-state index contributed by atoms with van der Waals surface area (Å²) >= 11 is 0. The molecule has 1 atom stereocenters. The van der Waals surface area contributed by atoms with Crippen LogP contribution < -0.4 is 10.6 Å². The molecule has 2 amide bonds. The number of tetrazole rings is 1. The number of urea groups is 1. The summed E-state index contributed by atoms with van der Waals surface area (Å²) in [5.74, 6) is 1.56. The van der Waals surface area contributed by atoms with Crippen LogP contribution in [-0.4, -0.2) is 56.8 Å². The predicted molar refractivity (Wildman–Crippen MR) is 108 cm³/mol. The molecule has 1 aromatic carbocycles. The van der Waals surface area contributed by atoms with Crippen molar-refractivity contribution >= 4 is 11.7 Å². The summed E-state index contributed by atoms with van der Waals surface area (Å²) in [6, 6.07) is 8.23. The third-order valence-electron chi connectivity index (χ3n) is 5.76. The Labute approximate surface area is 165 Å². The van der Waals surface area contributed by atoms with Gasteiger partial charge >= 0.3 is 6.03 Å². The van der Waals surface area contributed by atoms with E-state index in [0.717, 1.165) is 48.9 Å². The van der Waals surface area contributed by atoms with Gasteiger partial charge in [-0.05, 0) is 74.2 Å². The van der Waals surface area contributed by atoms with Crippen LogP contribution in [0.25, 0.3) is 11.4 Å². The first-order valence-electron chi connectivity index (χ1n) is 10.3. The van der Waals surface area contributed by atoms with Gasteiger partial charge in [0.15, 0.2) is 5.82 Å². The van der Waals surface area contributed by atoms with Crippen molar-refractivity contribution < 1.29 is 4.79 Å². The SMILES string of the molecule is CC1CCN(C(C)CNC(=O)Nc2cccc(-c3nnnn3C3CC3)c2)CC1. The van der Waals surface area contributed by atoms with E-state index in [0.29, 0.717) is 18.6 Å². The molecule has 28 heavy (non-hydrogen) atoms. The number of hydrogen-bond donors (Lipinski definition) is 2. The van der Waals surface area contributed by atoms with Gasteiger partial charge in [0, 0.05) is 23.8 Å². The third-order valence-corrected chi connectivity index (χ3v) is 5.76. The molecule has 0 spiro atoms. The average Bonchev–Trinajstić information content (AvgIpc) is 3.43. The number of likely N-dealkylation sites (tertiary alicyclic amines) is 1. The number of rotatable bonds is 6. The van der Waals surface area contributed by atoms with Gasteiger partial charge in [0.1, 0.15) is 0 Å². The molecule has 0 radical (unpaired) electrons. The summed E-state index contributed by atoms with van der Waals surface area (Å²) < 4.78 is 1.88. The number of piperidine rings is 1. The van der Waals surface area contributed by atoms with E-state index in [9.17, 15) is 4.79 Å². The molecule has 2 N–H and O–H groups in total. The van der Waals surface area contributed by atoms with E-state index in [1.54, 1.807) is 0 Å². The summed E-state index contributed by atoms with van der Waals surface area (Å²) in [5, 5.41) is 18.0. The van der Waals surface area contributed by atoms with Crippen LogP contribution in [-0.2, 0) is 0 Å².